The van der Waals surface area contributed by atoms with Crippen LogP contribution in [-0.2, 0) is 19.6 Å². The van der Waals surface area contributed by atoms with E-state index in [1.54, 1.807) is 25.3 Å². The molecule has 6 nitrogen and oxygen atoms in total. The first-order valence-electron chi connectivity index (χ1n) is 5.86. The molecule has 0 heterocycles. The van der Waals surface area contributed by atoms with Crippen molar-refractivity contribution in [3.8, 4) is 0 Å². The van der Waals surface area contributed by atoms with Gasteiger partial charge in [-0.2, -0.15) is 0 Å². The third kappa shape index (κ3) is 5.82. The maximum Gasteiger partial charge on any atom is 0.240 e. The van der Waals surface area contributed by atoms with Crippen molar-refractivity contribution in [1.29, 1.82) is 0 Å². The zero-order valence-corrected chi connectivity index (χ0v) is 11.6. The molecule has 0 saturated heterocycles. The molecule has 1 amide bonds. The fourth-order valence-electron chi connectivity index (χ4n) is 1.36. The Bertz CT molecular complexity index is 488. The molecule has 0 saturated carbocycles. The summed E-state index contributed by atoms with van der Waals surface area (Å²) in [7, 11) is -1.99. The second-order valence-corrected chi connectivity index (χ2v) is 5.57. The Morgan fingerprint density at radius 1 is 1.21 bits per heavy atom. The SMILES string of the molecule is COCCNC(=O)CCNS(=O)(=O)c1ccccc1. The summed E-state index contributed by atoms with van der Waals surface area (Å²) in [4.78, 5) is 11.5. The first-order valence-corrected chi connectivity index (χ1v) is 7.35. The summed E-state index contributed by atoms with van der Waals surface area (Å²) in [6.45, 7) is 0.915. The van der Waals surface area contributed by atoms with Crippen LogP contribution in [0.15, 0.2) is 35.2 Å². The molecule has 0 atom stereocenters. The van der Waals surface area contributed by atoms with Gasteiger partial charge in [-0.15, -0.1) is 0 Å². The van der Waals surface area contributed by atoms with Gasteiger partial charge in [0.25, 0.3) is 0 Å². The van der Waals surface area contributed by atoms with Gasteiger partial charge in [0.2, 0.25) is 15.9 Å². The Labute approximate surface area is 113 Å². The van der Waals surface area contributed by atoms with Crippen molar-refractivity contribution in [3.05, 3.63) is 30.3 Å². The molecule has 0 aliphatic carbocycles. The molecule has 0 fully saturated rings. The second kappa shape index (κ2) is 7.88. The van der Waals surface area contributed by atoms with E-state index in [-0.39, 0.29) is 23.8 Å². The minimum atomic E-state index is -3.54. The monoisotopic (exact) mass is 286 g/mol. The highest BCUT2D eigenvalue weighted by Gasteiger charge is 2.13. The number of carbonyl (C=O) groups excluding carboxylic acids is 1. The van der Waals surface area contributed by atoms with Gasteiger partial charge in [0.05, 0.1) is 11.5 Å². The van der Waals surface area contributed by atoms with Crippen molar-refractivity contribution < 1.29 is 17.9 Å². The fraction of sp³-hybridized carbons (Fsp3) is 0.417. The summed E-state index contributed by atoms with van der Waals surface area (Å²) in [6.07, 6.45) is 0.0930. The highest BCUT2D eigenvalue weighted by Crippen LogP contribution is 2.06. The van der Waals surface area contributed by atoms with Gasteiger partial charge in [-0.3, -0.25) is 4.79 Å². The van der Waals surface area contributed by atoms with E-state index in [9.17, 15) is 13.2 Å². The van der Waals surface area contributed by atoms with Crippen molar-refractivity contribution >= 4 is 15.9 Å². The number of methoxy groups -OCH3 is 1. The van der Waals surface area contributed by atoms with Gasteiger partial charge in [0.1, 0.15) is 0 Å². The average molecular weight is 286 g/mol. The normalized spacial score (nSPS) is 11.2. The largest absolute Gasteiger partial charge is 0.383 e. The van der Waals surface area contributed by atoms with E-state index in [0.29, 0.717) is 13.2 Å². The van der Waals surface area contributed by atoms with Crippen molar-refractivity contribution in [2.24, 2.45) is 0 Å². The van der Waals surface area contributed by atoms with E-state index in [1.165, 1.54) is 12.1 Å². The van der Waals surface area contributed by atoms with Crippen LogP contribution in [0.3, 0.4) is 0 Å². The van der Waals surface area contributed by atoms with Gasteiger partial charge < -0.3 is 10.1 Å². The van der Waals surface area contributed by atoms with Crippen LogP contribution in [0.2, 0.25) is 0 Å². The lowest BCUT2D eigenvalue weighted by atomic mass is 10.4. The van der Waals surface area contributed by atoms with Crippen molar-refractivity contribution in [1.82, 2.24) is 10.0 Å². The lowest BCUT2D eigenvalue weighted by Gasteiger charge is -2.07. The molecule has 0 radical (unpaired) electrons. The van der Waals surface area contributed by atoms with E-state index in [1.807, 2.05) is 0 Å². The van der Waals surface area contributed by atoms with Gasteiger partial charge in [-0.05, 0) is 12.1 Å². The summed E-state index contributed by atoms with van der Waals surface area (Å²) in [6, 6.07) is 8.03. The molecule has 2 N–H and O–H groups in total. The summed E-state index contributed by atoms with van der Waals surface area (Å²) < 4.78 is 30.8. The molecule has 0 aromatic heterocycles. The minimum absolute atomic E-state index is 0.0655. The van der Waals surface area contributed by atoms with Crippen LogP contribution in [0.1, 0.15) is 6.42 Å². The molecule has 0 aliphatic rings. The second-order valence-electron chi connectivity index (χ2n) is 3.80. The molecule has 0 aliphatic heterocycles. The van der Waals surface area contributed by atoms with E-state index < -0.39 is 10.0 Å². The zero-order valence-electron chi connectivity index (χ0n) is 10.8. The van der Waals surface area contributed by atoms with Crippen LogP contribution >= 0.6 is 0 Å². The predicted octanol–water partition coefficient (Wildman–Crippen LogP) is 0.118. The van der Waals surface area contributed by atoms with Gasteiger partial charge in [0.15, 0.2) is 0 Å². The summed E-state index contributed by atoms with van der Waals surface area (Å²) in [5.41, 5.74) is 0. The number of ether oxygens (including phenoxy) is 1. The summed E-state index contributed by atoms with van der Waals surface area (Å²) in [5, 5.41) is 2.61. The maximum atomic E-state index is 11.8. The summed E-state index contributed by atoms with van der Waals surface area (Å²) >= 11 is 0. The third-order valence-corrected chi connectivity index (χ3v) is 3.80. The molecule has 19 heavy (non-hydrogen) atoms. The van der Waals surface area contributed by atoms with E-state index in [4.69, 9.17) is 4.74 Å². The number of sulfonamides is 1. The van der Waals surface area contributed by atoms with E-state index >= 15 is 0 Å². The number of hydrogen-bond donors (Lipinski definition) is 2. The maximum absolute atomic E-state index is 11.8. The molecule has 7 heteroatoms. The molecule has 0 spiro atoms. The molecule has 1 rings (SSSR count). The van der Waals surface area contributed by atoms with Gasteiger partial charge in [0, 0.05) is 26.6 Å². The highest BCUT2D eigenvalue weighted by molar-refractivity contribution is 7.89. The van der Waals surface area contributed by atoms with Crippen LogP contribution < -0.4 is 10.0 Å². The minimum Gasteiger partial charge on any atom is -0.383 e. The number of rotatable bonds is 8. The third-order valence-electron chi connectivity index (χ3n) is 2.33. The molecular formula is C12H18N2O4S. The van der Waals surface area contributed by atoms with Crippen molar-refractivity contribution in [2.45, 2.75) is 11.3 Å². The molecule has 1 aromatic rings. The molecule has 106 valence electrons. The summed E-state index contributed by atoms with van der Waals surface area (Å²) in [5.74, 6) is -0.215. The number of carbonyl (C=O) groups is 1. The van der Waals surface area contributed by atoms with Crippen LogP contribution in [0.5, 0.6) is 0 Å². The van der Waals surface area contributed by atoms with Crippen molar-refractivity contribution in [3.63, 3.8) is 0 Å². The van der Waals surface area contributed by atoms with Gasteiger partial charge in [-0.25, -0.2) is 13.1 Å². The first kappa shape index (κ1) is 15.6. The van der Waals surface area contributed by atoms with Gasteiger partial charge >= 0.3 is 0 Å². The predicted molar refractivity (Wildman–Crippen MR) is 71.1 cm³/mol. The lowest BCUT2D eigenvalue weighted by molar-refractivity contribution is -0.121. The number of benzene rings is 1. The first-order chi connectivity index (χ1) is 9.06. The Morgan fingerprint density at radius 3 is 2.53 bits per heavy atom. The van der Waals surface area contributed by atoms with E-state index in [0.717, 1.165) is 0 Å². The Kier molecular flexibility index (Phi) is 6.48. The molecule has 0 unspecified atom stereocenters. The number of nitrogens with one attached hydrogen (secondary N) is 2. The van der Waals surface area contributed by atoms with E-state index in [2.05, 4.69) is 10.0 Å². The van der Waals surface area contributed by atoms with Gasteiger partial charge in [-0.1, -0.05) is 18.2 Å². The average Bonchev–Trinajstić information content (AvgIpc) is 2.40. The number of hydrogen-bond acceptors (Lipinski definition) is 4. The highest BCUT2D eigenvalue weighted by atomic mass is 32.2. The Balaban J connectivity index is 2.35. The quantitative estimate of drug-likeness (QED) is 0.665. The van der Waals surface area contributed by atoms with Crippen molar-refractivity contribution in [2.75, 3.05) is 26.8 Å². The van der Waals surface area contributed by atoms with Crippen LogP contribution in [0.25, 0.3) is 0 Å². The smallest absolute Gasteiger partial charge is 0.240 e. The fourth-order valence-corrected chi connectivity index (χ4v) is 2.42. The zero-order chi connectivity index (χ0) is 14.1. The lowest BCUT2D eigenvalue weighted by Crippen LogP contribution is -2.32. The van der Waals surface area contributed by atoms with Crippen LogP contribution in [0.4, 0.5) is 0 Å². The number of amides is 1. The topological polar surface area (TPSA) is 84.5 Å². The van der Waals surface area contributed by atoms with Crippen LogP contribution in [-0.4, -0.2) is 41.1 Å². The molecular weight excluding hydrogens is 268 g/mol. The van der Waals surface area contributed by atoms with Crippen LogP contribution in [0, 0.1) is 0 Å². The molecule has 1 aromatic carbocycles. The molecule has 0 bridgehead atoms. The standard InChI is InChI=1S/C12H18N2O4S/c1-18-10-9-13-12(15)7-8-14-19(16,17)11-5-3-2-4-6-11/h2-6,14H,7-10H2,1H3,(H,13,15). The Morgan fingerprint density at radius 2 is 1.89 bits per heavy atom. The Hall–Kier alpha value is -1.44.